The summed E-state index contributed by atoms with van der Waals surface area (Å²) in [6.45, 7) is 1.17. The van der Waals surface area contributed by atoms with E-state index in [1.54, 1.807) is 0 Å². The van der Waals surface area contributed by atoms with Crippen LogP contribution in [0.5, 0.6) is 0 Å². The van der Waals surface area contributed by atoms with Gasteiger partial charge in [-0.15, -0.1) is 0 Å². The predicted octanol–water partition coefficient (Wildman–Crippen LogP) is 4.26. The highest BCUT2D eigenvalue weighted by Crippen LogP contribution is 2.56. The van der Waals surface area contributed by atoms with E-state index in [2.05, 4.69) is 10.2 Å². The minimum Gasteiger partial charge on any atom is -0.384 e. The second-order valence-electron chi connectivity index (χ2n) is 11.9. The van der Waals surface area contributed by atoms with Crippen LogP contribution in [0.2, 0.25) is 0 Å². The quantitative estimate of drug-likeness (QED) is 0.422. The number of nitrogens with one attached hydrogen (secondary N) is 1. The zero-order valence-corrected chi connectivity index (χ0v) is 22.4. The van der Waals surface area contributed by atoms with Crippen molar-refractivity contribution in [3.8, 4) is 0 Å². The SMILES string of the molecule is O=C1CC[C@H](N2Cc3c(ccc([C@]4(O)CCN(Cc5ccc(C(F)(F)F)cc5)CC45CCCC5)c3F)C2=O)C(=O)N1. The van der Waals surface area contributed by atoms with Gasteiger partial charge in [0.25, 0.3) is 5.91 Å². The summed E-state index contributed by atoms with van der Waals surface area (Å²) in [6.07, 6.45) is -0.840. The van der Waals surface area contributed by atoms with Gasteiger partial charge in [-0.05, 0) is 49.4 Å². The number of halogens is 4. The van der Waals surface area contributed by atoms with Crippen molar-refractivity contribution >= 4 is 17.7 Å². The number of alkyl halides is 3. The molecule has 0 aromatic heterocycles. The first-order valence-corrected chi connectivity index (χ1v) is 14.0. The van der Waals surface area contributed by atoms with Gasteiger partial charge < -0.3 is 10.0 Å². The minimum absolute atomic E-state index is 0.0928. The van der Waals surface area contributed by atoms with Gasteiger partial charge >= 0.3 is 6.18 Å². The van der Waals surface area contributed by atoms with Gasteiger partial charge in [-0.2, -0.15) is 13.2 Å². The number of hydrogen-bond donors (Lipinski definition) is 2. The Labute approximate surface area is 234 Å². The second-order valence-corrected chi connectivity index (χ2v) is 11.9. The molecule has 1 spiro atoms. The van der Waals surface area contributed by atoms with Crippen LogP contribution in [0, 0.1) is 11.2 Å². The first-order chi connectivity index (χ1) is 19.4. The van der Waals surface area contributed by atoms with E-state index < -0.39 is 52.3 Å². The average molecular weight is 574 g/mol. The molecule has 0 radical (unpaired) electrons. The fourth-order valence-electron chi connectivity index (χ4n) is 7.38. The molecule has 6 rings (SSSR count). The van der Waals surface area contributed by atoms with Crippen LogP contribution >= 0.6 is 0 Å². The van der Waals surface area contributed by atoms with Crippen LogP contribution in [-0.2, 0) is 34.5 Å². The van der Waals surface area contributed by atoms with Gasteiger partial charge in [-0.25, -0.2) is 4.39 Å². The number of aliphatic hydroxyl groups is 1. The van der Waals surface area contributed by atoms with Crippen LogP contribution < -0.4 is 5.32 Å². The number of fused-ring (bicyclic) bond motifs is 1. The summed E-state index contributed by atoms with van der Waals surface area (Å²) in [5, 5.41) is 14.5. The van der Waals surface area contributed by atoms with Gasteiger partial charge in [0, 0.05) is 48.2 Å². The molecule has 3 heterocycles. The van der Waals surface area contributed by atoms with Gasteiger partial charge in [-0.1, -0.05) is 31.0 Å². The molecule has 2 N–H and O–H groups in total. The van der Waals surface area contributed by atoms with Gasteiger partial charge in [0.1, 0.15) is 17.5 Å². The molecule has 2 atom stereocenters. The van der Waals surface area contributed by atoms with Crippen LogP contribution in [-0.4, -0.2) is 51.8 Å². The first-order valence-electron chi connectivity index (χ1n) is 14.0. The third kappa shape index (κ3) is 4.63. The molecule has 3 amide bonds. The molecule has 7 nitrogen and oxygen atoms in total. The van der Waals surface area contributed by atoms with Crippen molar-refractivity contribution in [3.63, 3.8) is 0 Å². The molecule has 3 fully saturated rings. The third-order valence-electron chi connectivity index (χ3n) is 9.54. The van der Waals surface area contributed by atoms with Crippen molar-refractivity contribution in [2.24, 2.45) is 5.41 Å². The van der Waals surface area contributed by atoms with Crippen LogP contribution in [0.1, 0.15) is 77.6 Å². The van der Waals surface area contributed by atoms with Gasteiger partial charge in [0.2, 0.25) is 11.8 Å². The first kappa shape index (κ1) is 27.8. The van der Waals surface area contributed by atoms with Crippen molar-refractivity contribution in [2.75, 3.05) is 13.1 Å². The average Bonchev–Trinajstić information content (AvgIpc) is 3.52. The van der Waals surface area contributed by atoms with E-state index >= 15 is 4.39 Å². The van der Waals surface area contributed by atoms with Gasteiger partial charge in [0.05, 0.1) is 12.1 Å². The highest BCUT2D eigenvalue weighted by molar-refractivity contribution is 6.05. The monoisotopic (exact) mass is 573 g/mol. The van der Waals surface area contributed by atoms with Gasteiger partial charge in [-0.3, -0.25) is 24.6 Å². The van der Waals surface area contributed by atoms with Crippen LogP contribution in [0.25, 0.3) is 0 Å². The zero-order valence-electron chi connectivity index (χ0n) is 22.4. The van der Waals surface area contributed by atoms with E-state index in [1.807, 2.05) is 0 Å². The van der Waals surface area contributed by atoms with Crippen molar-refractivity contribution in [1.29, 1.82) is 0 Å². The molecule has 1 aliphatic carbocycles. The summed E-state index contributed by atoms with van der Waals surface area (Å²) in [7, 11) is 0. The maximum atomic E-state index is 16.3. The summed E-state index contributed by atoms with van der Waals surface area (Å²) >= 11 is 0. The van der Waals surface area contributed by atoms with E-state index in [0.29, 0.717) is 32.5 Å². The molecule has 41 heavy (non-hydrogen) atoms. The fourth-order valence-corrected chi connectivity index (χ4v) is 7.38. The normalized spacial score (nSPS) is 26.5. The molecule has 3 aliphatic heterocycles. The number of likely N-dealkylation sites (tertiary alicyclic amines) is 1. The summed E-state index contributed by atoms with van der Waals surface area (Å²) in [5.41, 5.74) is -1.69. The topological polar surface area (TPSA) is 90.0 Å². The molecule has 2 aromatic carbocycles. The maximum Gasteiger partial charge on any atom is 0.416 e. The van der Waals surface area contributed by atoms with E-state index in [0.717, 1.165) is 30.5 Å². The lowest BCUT2D eigenvalue weighted by Crippen LogP contribution is -2.57. The Kier molecular flexibility index (Phi) is 6.73. The summed E-state index contributed by atoms with van der Waals surface area (Å²) in [5.74, 6) is -2.10. The molecule has 0 unspecified atom stereocenters. The number of hydrogen-bond acceptors (Lipinski definition) is 5. The number of piperidine rings is 2. The lowest BCUT2D eigenvalue weighted by atomic mass is 9.62. The Bertz CT molecular complexity index is 1400. The summed E-state index contributed by atoms with van der Waals surface area (Å²) < 4.78 is 55.3. The molecule has 2 saturated heterocycles. The van der Waals surface area contributed by atoms with Crippen molar-refractivity contribution in [1.82, 2.24) is 15.1 Å². The Hall–Kier alpha value is -3.31. The highest BCUT2D eigenvalue weighted by Gasteiger charge is 2.57. The highest BCUT2D eigenvalue weighted by atomic mass is 19.4. The van der Waals surface area contributed by atoms with Crippen molar-refractivity contribution in [3.05, 3.63) is 70.0 Å². The lowest BCUT2D eigenvalue weighted by Gasteiger charge is -2.53. The van der Waals surface area contributed by atoms with Crippen LogP contribution in [0.15, 0.2) is 36.4 Å². The summed E-state index contributed by atoms with van der Waals surface area (Å²) in [4.78, 5) is 40.5. The zero-order chi connectivity index (χ0) is 29.2. The molecule has 4 aliphatic rings. The number of carbonyl (C=O) groups excluding carboxylic acids is 3. The maximum absolute atomic E-state index is 16.3. The Balaban J connectivity index is 1.25. The molecule has 2 aromatic rings. The minimum atomic E-state index is -4.41. The fraction of sp³-hybridized carbons (Fsp3) is 0.500. The Morgan fingerprint density at radius 2 is 1.71 bits per heavy atom. The molecule has 11 heteroatoms. The Morgan fingerprint density at radius 3 is 2.37 bits per heavy atom. The van der Waals surface area contributed by atoms with Crippen molar-refractivity contribution < 1.29 is 37.1 Å². The van der Waals surface area contributed by atoms with Crippen LogP contribution in [0.4, 0.5) is 17.6 Å². The second kappa shape index (κ2) is 9.90. The van der Waals surface area contributed by atoms with E-state index in [9.17, 15) is 32.7 Å². The summed E-state index contributed by atoms with van der Waals surface area (Å²) in [6, 6.07) is 7.23. The smallest absolute Gasteiger partial charge is 0.384 e. The third-order valence-corrected chi connectivity index (χ3v) is 9.54. The van der Waals surface area contributed by atoms with E-state index in [1.165, 1.54) is 29.2 Å². The van der Waals surface area contributed by atoms with Crippen LogP contribution in [0.3, 0.4) is 0 Å². The number of rotatable bonds is 4. The number of amides is 3. The van der Waals surface area contributed by atoms with E-state index in [-0.39, 0.29) is 42.5 Å². The van der Waals surface area contributed by atoms with Crippen molar-refractivity contribution in [2.45, 2.75) is 75.9 Å². The molecular weight excluding hydrogens is 542 g/mol. The van der Waals surface area contributed by atoms with Gasteiger partial charge in [0.15, 0.2) is 0 Å². The Morgan fingerprint density at radius 1 is 1.00 bits per heavy atom. The number of imide groups is 1. The largest absolute Gasteiger partial charge is 0.416 e. The molecule has 218 valence electrons. The van der Waals surface area contributed by atoms with E-state index in [4.69, 9.17) is 0 Å². The molecular formula is C30H31F4N3O4. The molecule has 1 saturated carbocycles. The number of benzene rings is 2. The molecule has 0 bridgehead atoms. The predicted molar refractivity (Wildman–Crippen MR) is 139 cm³/mol. The number of carbonyl (C=O) groups is 3. The number of nitrogens with zero attached hydrogens (tertiary/aromatic N) is 2. The lowest BCUT2D eigenvalue weighted by molar-refractivity contribution is -0.143. The standard InChI is InChI=1S/C30H31F4N3O4/c31-25-21-16-37(23-9-10-24(38)35-26(23)39)27(40)20(21)7-8-22(25)29(41)13-14-36(17-28(29)11-1-2-12-28)15-18-3-5-19(6-4-18)30(32,33)34/h3-8,23,41H,1-2,9-17H2,(H,35,38,39)/t23-,29+/m0/s1.